The van der Waals surface area contributed by atoms with E-state index in [-0.39, 0.29) is 18.7 Å². The number of carbonyl (C=O) groups excluding carboxylic acids is 1. The molecule has 16 heavy (non-hydrogen) atoms. The fourth-order valence-electron chi connectivity index (χ4n) is 1.40. The average molecular weight is 224 g/mol. The van der Waals surface area contributed by atoms with Crippen molar-refractivity contribution in [1.82, 2.24) is 0 Å². The normalized spacial score (nSPS) is 12.6. The number of hydrogen-bond acceptors (Lipinski definition) is 3. The van der Waals surface area contributed by atoms with E-state index in [4.69, 9.17) is 15.9 Å². The van der Waals surface area contributed by atoms with Crippen molar-refractivity contribution in [2.75, 3.05) is 13.2 Å². The molecule has 0 bridgehead atoms. The Balaban J connectivity index is 4.16. The van der Waals surface area contributed by atoms with Gasteiger partial charge in [-0.3, -0.25) is 4.79 Å². The van der Waals surface area contributed by atoms with E-state index in [0.717, 1.165) is 0 Å². The largest absolute Gasteiger partial charge is 0.452 e. The molecule has 0 aliphatic heterocycles. The number of carbonyl (C=O) groups is 1. The molecule has 0 amide bonds. The lowest BCUT2D eigenvalue weighted by atomic mass is 9.87. The Morgan fingerprint density at radius 2 is 2.25 bits per heavy atom. The molecule has 0 N–H and O–H groups in total. The van der Waals surface area contributed by atoms with E-state index in [0.29, 0.717) is 13.0 Å². The lowest BCUT2D eigenvalue weighted by Crippen LogP contribution is -2.31. The predicted molar refractivity (Wildman–Crippen MR) is 63.8 cm³/mol. The minimum Gasteiger partial charge on any atom is -0.452 e. The zero-order valence-corrected chi connectivity index (χ0v) is 10.3. The molecule has 3 heteroatoms. The first-order valence-corrected chi connectivity index (χ1v) is 5.27. The van der Waals surface area contributed by atoms with Gasteiger partial charge in [-0.15, -0.1) is 13.0 Å². The molecule has 0 radical (unpaired) electrons. The first-order chi connectivity index (χ1) is 7.44. The summed E-state index contributed by atoms with van der Waals surface area (Å²) in [5.74, 6) is 1.98. The number of ether oxygens (including phenoxy) is 2. The molecule has 3 nitrogen and oxygen atoms in total. The molecule has 0 fully saturated rings. The monoisotopic (exact) mass is 224 g/mol. The quantitative estimate of drug-likeness (QED) is 0.378. The molecule has 0 aliphatic rings. The van der Waals surface area contributed by atoms with Crippen LogP contribution in [0.25, 0.3) is 0 Å². The molecular formula is C13H20O3. The van der Waals surface area contributed by atoms with Crippen molar-refractivity contribution in [3.63, 3.8) is 0 Å². The smallest absolute Gasteiger partial charge is 0.312 e. The molecule has 0 saturated carbocycles. The minimum atomic E-state index is -0.586. The molecular weight excluding hydrogens is 204 g/mol. The van der Waals surface area contributed by atoms with Crippen molar-refractivity contribution in [2.45, 2.75) is 33.3 Å². The Kier molecular flexibility index (Phi) is 6.52. The lowest BCUT2D eigenvalue weighted by molar-refractivity contribution is -0.154. The fourth-order valence-corrected chi connectivity index (χ4v) is 1.40. The topological polar surface area (TPSA) is 35.5 Å². The van der Waals surface area contributed by atoms with Gasteiger partial charge in [-0.1, -0.05) is 12.0 Å². The zero-order valence-electron chi connectivity index (χ0n) is 10.3. The molecule has 0 aromatic carbocycles. The van der Waals surface area contributed by atoms with E-state index in [1.54, 1.807) is 6.08 Å². The third-order valence-electron chi connectivity index (χ3n) is 2.14. The summed E-state index contributed by atoms with van der Waals surface area (Å²) in [6.07, 6.45) is 7.27. The summed E-state index contributed by atoms with van der Waals surface area (Å²) in [6, 6.07) is 0. The van der Waals surface area contributed by atoms with Crippen LogP contribution in [0, 0.1) is 17.8 Å². The number of terminal acetylenes is 1. The van der Waals surface area contributed by atoms with Gasteiger partial charge in [-0.2, -0.15) is 0 Å². The third kappa shape index (κ3) is 5.57. The van der Waals surface area contributed by atoms with Gasteiger partial charge < -0.3 is 9.47 Å². The Hall–Kier alpha value is -1.27. The van der Waals surface area contributed by atoms with Gasteiger partial charge in [0.15, 0.2) is 6.61 Å². The summed E-state index contributed by atoms with van der Waals surface area (Å²) in [7, 11) is 0. The molecule has 0 aliphatic carbocycles. The predicted octanol–water partition coefficient (Wildman–Crippen LogP) is 2.17. The lowest BCUT2D eigenvalue weighted by Gasteiger charge is -2.25. The maximum atomic E-state index is 11.6. The van der Waals surface area contributed by atoms with E-state index in [1.807, 2.05) is 20.8 Å². The highest BCUT2D eigenvalue weighted by molar-refractivity contribution is 5.76. The molecule has 0 heterocycles. The summed E-state index contributed by atoms with van der Waals surface area (Å²) in [5.41, 5.74) is -0.586. The van der Waals surface area contributed by atoms with Gasteiger partial charge in [-0.05, 0) is 27.2 Å². The zero-order chi connectivity index (χ0) is 12.6. The van der Waals surface area contributed by atoms with Crippen LogP contribution in [0.3, 0.4) is 0 Å². The van der Waals surface area contributed by atoms with Crippen molar-refractivity contribution < 1.29 is 14.3 Å². The Morgan fingerprint density at radius 3 is 2.75 bits per heavy atom. The highest BCUT2D eigenvalue weighted by Gasteiger charge is 2.31. The summed E-state index contributed by atoms with van der Waals surface area (Å²) >= 11 is 0. The first-order valence-electron chi connectivity index (χ1n) is 5.27. The van der Waals surface area contributed by atoms with Gasteiger partial charge in [0.1, 0.15) is 0 Å². The Bertz CT molecular complexity index is 273. The second-order valence-electron chi connectivity index (χ2n) is 4.30. The van der Waals surface area contributed by atoms with E-state index in [9.17, 15) is 4.79 Å². The van der Waals surface area contributed by atoms with Gasteiger partial charge in [0.25, 0.3) is 0 Å². The van der Waals surface area contributed by atoms with Gasteiger partial charge in [0.2, 0.25) is 0 Å². The van der Waals surface area contributed by atoms with Crippen LogP contribution in [0.15, 0.2) is 12.7 Å². The van der Waals surface area contributed by atoms with Crippen molar-refractivity contribution in [3.8, 4) is 12.3 Å². The van der Waals surface area contributed by atoms with Gasteiger partial charge >= 0.3 is 5.97 Å². The SMILES string of the molecule is C#CCOC(=O)C(C)(C)CC(C)OCC=C. The van der Waals surface area contributed by atoms with Gasteiger partial charge in [0.05, 0.1) is 18.1 Å². The van der Waals surface area contributed by atoms with E-state index < -0.39 is 5.41 Å². The highest BCUT2D eigenvalue weighted by atomic mass is 16.5. The second kappa shape index (κ2) is 7.08. The number of rotatable bonds is 7. The van der Waals surface area contributed by atoms with Crippen LogP contribution in [0.1, 0.15) is 27.2 Å². The summed E-state index contributed by atoms with van der Waals surface area (Å²) < 4.78 is 10.3. The molecule has 0 aromatic heterocycles. The van der Waals surface area contributed by atoms with Crippen molar-refractivity contribution >= 4 is 5.97 Å². The maximum Gasteiger partial charge on any atom is 0.312 e. The molecule has 1 unspecified atom stereocenters. The highest BCUT2D eigenvalue weighted by Crippen LogP contribution is 2.25. The van der Waals surface area contributed by atoms with Crippen molar-refractivity contribution in [1.29, 1.82) is 0 Å². The van der Waals surface area contributed by atoms with Crippen LogP contribution < -0.4 is 0 Å². The molecule has 0 spiro atoms. The standard InChI is InChI=1S/C13H20O3/c1-6-8-15-11(3)10-13(4,5)12(14)16-9-7-2/h2,6,11H,1,8-10H2,3-5H3. The third-order valence-corrected chi connectivity index (χ3v) is 2.14. The molecule has 0 saturated heterocycles. The summed E-state index contributed by atoms with van der Waals surface area (Å²) in [5, 5.41) is 0. The van der Waals surface area contributed by atoms with Crippen LogP contribution in [-0.2, 0) is 14.3 Å². The van der Waals surface area contributed by atoms with Crippen LogP contribution >= 0.6 is 0 Å². The van der Waals surface area contributed by atoms with Crippen molar-refractivity contribution in [3.05, 3.63) is 12.7 Å². The van der Waals surface area contributed by atoms with Crippen LogP contribution in [0.5, 0.6) is 0 Å². The van der Waals surface area contributed by atoms with E-state index in [1.165, 1.54) is 0 Å². The molecule has 0 rings (SSSR count). The van der Waals surface area contributed by atoms with Crippen LogP contribution in [-0.4, -0.2) is 25.3 Å². The summed E-state index contributed by atoms with van der Waals surface area (Å²) in [4.78, 5) is 11.6. The maximum absolute atomic E-state index is 11.6. The molecule has 1 atom stereocenters. The number of hydrogen-bond donors (Lipinski definition) is 0. The Morgan fingerprint density at radius 1 is 1.62 bits per heavy atom. The van der Waals surface area contributed by atoms with Crippen LogP contribution in [0.4, 0.5) is 0 Å². The second-order valence-corrected chi connectivity index (χ2v) is 4.30. The van der Waals surface area contributed by atoms with E-state index in [2.05, 4.69) is 12.5 Å². The minimum absolute atomic E-state index is 0.0180. The van der Waals surface area contributed by atoms with Gasteiger partial charge in [0, 0.05) is 0 Å². The number of esters is 1. The Labute approximate surface area is 97.8 Å². The fraction of sp³-hybridized carbons (Fsp3) is 0.615. The van der Waals surface area contributed by atoms with Crippen molar-refractivity contribution in [2.24, 2.45) is 5.41 Å². The molecule has 90 valence electrons. The van der Waals surface area contributed by atoms with E-state index >= 15 is 0 Å². The molecule has 0 aromatic rings. The summed E-state index contributed by atoms with van der Waals surface area (Å²) in [6.45, 7) is 9.62. The average Bonchev–Trinajstić information content (AvgIpc) is 2.22. The first kappa shape index (κ1) is 14.7. The van der Waals surface area contributed by atoms with Gasteiger partial charge in [-0.25, -0.2) is 0 Å². The van der Waals surface area contributed by atoms with Crippen LogP contribution in [0.2, 0.25) is 0 Å².